The van der Waals surface area contributed by atoms with E-state index in [1.807, 2.05) is 24.3 Å². The van der Waals surface area contributed by atoms with Gasteiger partial charge in [0.25, 0.3) is 0 Å². The highest BCUT2D eigenvalue weighted by Gasteiger charge is 2.13. The first-order valence-corrected chi connectivity index (χ1v) is 5.99. The van der Waals surface area contributed by atoms with Crippen molar-refractivity contribution in [3.05, 3.63) is 29.8 Å². The smallest absolute Gasteiger partial charge is 0.329 e. The van der Waals surface area contributed by atoms with Crippen LogP contribution in [-0.4, -0.2) is 30.2 Å². The Hall–Kier alpha value is -1.88. The van der Waals surface area contributed by atoms with Crippen molar-refractivity contribution in [2.45, 2.75) is 26.2 Å². The summed E-state index contributed by atoms with van der Waals surface area (Å²) in [6, 6.07) is 7.53. The second-order valence-electron chi connectivity index (χ2n) is 5.26. The van der Waals surface area contributed by atoms with Gasteiger partial charge in [-0.2, -0.15) is 0 Å². The van der Waals surface area contributed by atoms with E-state index in [0.717, 1.165) is 0 Å². The van der Waals surface area contributed by atoms with Gasteiger partial charge in [0.05, 0.1) is 0 Å². The van der Waals surface area contributed by atoms with Crippen LogP contribution in [0.1, 0.15) is 26.3 Å². The van der Waals surface area contributed by atoms with Gasteiger partial charge in [-0.3, -0.25) is 4.79 Å². The SMILES string of the molecule is CC(C)(C)c1ccc(NC(=O)COCC(=O)O)cc1. The van der Waals surface area contributed by atoms with E-state index in [-0.39, 0.29) is 17.9 Å². The van der Waals surface area contributed by atoms with E-state index in [9.17, 15) is 9.59 Å². The molecule has 2 N–H and O–H groups in total. The lowest BCUT2D eigenvalue weighted by atomic mass is 9.87. The molecule has 0 fully saturated rings. The number of carbonyl (C=O) groups excluding carboxylic acids is 1. The first-order chi connectivity index (χ1) is 8.79. The number of amides is 1. The number of hydrogen-bond acceptors (Lipinski definition) is 3. The number of aliphatic carboxylic acids is 1. The summed E-state index contributed by atoms with van der Waals surface area (Å²) in [5.74, 6) is -1.47. The van der Waals surface area contributed by atoms with Crippen LogP contribution in [0.25, 0.3) is 0 Å². The van der Waals surface area contributed by atoms with E-state index in [1.54, 1.807) is 0 Å². The van der Waals surface area contributed by atoms with E-state index in [2.05, 4.69) is 26.1 Å². The Balaban J connectivity index is 2.49. The maximum Gasteiger partial charge on any atom is 0.329 e. The maximum absolute atomic E-state index is 11.4. The van der Waals surface area contributed by atoms with Crippen LogP contribution in [-0.2, 0) is 19.7 Å². The third kappa shape index (κ3) is 5.52. The van der Waals surface area contributed by atoms with Crippen LogP contribution in [0.15, 0.2) is 24.3 Å². The van der Waals surface area contributed by atoms with Crippen molar-refractivity contribution in [1.82, 2.24) is 0 Å². The molecule has 5 heteroatoms. The quantitative estimate of drug-likeness (QED) is 0.854. The van der Waals surface area contributed by atoms with Gasteiger partial charge >= 0.3 is 5.97 Å². The molecule has 0 saturated carbocycles. The number of benzene rings is 1. The molecular weight excluding hydrogens is 246 g/mol. The van der Waals surface area contributed by atoms with E-state index in [1.165, 1.54) is 5.56 Å². The van der Waals surface area contributed by atoms with Crippen molar-refractivity contribution in [3.8, 4) is 0 Å². The van der Waals surface area contributed by atoms with Crippen LogP contribution in [0.2, 0.25) is 0 Å². The summed E-state index contributed by atoms with van der Waals surface area (Å²) in [4.78, 5) is 21.7. The Labute approximate surface area is 112 Å². The van der Waals surface area contributed by atoms with E-state index in [0.29, 0.717) is 5.69 Å². The molecule has 0 spiro atoms. The number of ether oxygens (including phenoxy) is 1. The lowest BCUT2D eigenvalue weighted by Crippen LogP contribution is -2.20. The molecule has 0 heterocycles. The number of anilines is 1. The third-order valence-corrected chi connectivity index (χ3v) is 2.49. The zero-order valence-corrected chi connectivity index (χ0v) is 11.4. The van der Waals surface area contributed by atoms with Crippen LogP contribution in [0.3, 0.4) is 0 Å². The molecule has 1 aromatic carbocycles. The molecule has 0 saturated heterocycles. The summed E-state index contributed by atoms with van der Waals surface area (Å²) < 4.78 is 4.70. The molecule has 104 valence electrons. The number of rotatable bonds is 5. The molecule has 0 unspecified atom stereocenters. The third-order valence-electron chi connectivity index (χ3n) is 2.49. The Morgan fingerprint density at radius 2 is 1.74 bits per heavy atom. The van der Waals surface area contributed by atoms with Crippen LogP contribution in [0, 0.1) is 0 Å². The predicted molar refractivity (Wildman–Crippen MR) is 72.2 cm³/mol. The first-order valence-electron chi connectivity index (χ1n) is 5.99. The van der Waals surface area contributed by atoms with Crippen LogP contribution in [0.5, 0.6) is 0 Å². The largest absolute Gasteiger partial charge is 0.480 e. The van der Waals surface area contributed by atoms with Crippen LogP contribution < -0.4 is 5.32 Å². The highest BCUT2D eigenvalue weighted by atomic mass is 16.5. The molecule has 0 aromatic heterocycles. The molecule has 0 atom stereocenters. The van der Waals surface area contributed by atoms with Gasteiger partial charge in [0, 0.05) is 5.69 Å². The molecule has 19 heavy (non-hydrogen) atoms. The zero-order chi connectivity index (χ0) is 14.5. The van der Waals surface area contributed by atoms with Crippen molar-refractivity contribution in [2.24, 2.45) is 0 Å². The fourth-order valence-electron chi connectivity index (χ4n) is 1.48. The number of nitrogens with one attached hydrogen (secondary N) is 1. The average molecular weight is 265 g/mol. The van der Waals surface area contributed by atoms with E-state index >= 15 is 0 Å². The van der Waals surface area contributed by atoms with Gasteiger partial charge in [-0.15, -0.1) is 0 Å². The van der Waals surface area contributed by atoms with Crippen LogP contribution in [0.4, 0.5) is 5.69 Å². The molecular formula is C14H19NO4. The average Bonchev–Trinajstić information content (AvgIpc) is 2.27. The Morgan fingerprint density at radius 1 is 1.16 bits per heavy atom. The Bertz CT molecular complexity index is 446. The van der Waals surface area contributed by atoms with Crippen molar-refractivity contribution < 1.29 is 19.4 Å². The van der Waals surface area contributed by atoms with Gasteiger partial charge in [-0.05, 0) is 23.1 Å². The van der Waals surface area contributed by atoms with Crippen molar-refractivity contribution in [2.75, 3.05) is 18.5 Å². The Morgan fingerprint density at radius 3 is 2.21 bits per heavy atom. The van der Waals surface area contributed by atoms with Gasteiger partial charge in [-0.1, -0.05) is 32.9 Å². The monoisotopic (exact) mass is 265 g/mol. The Kier molecular flexibility index (Phi) is 5.06. The molecule has 0 aliphatic carbocycles. The number of hydrogen-bond donors (Lipinski definition) is 2. The molecule has 1 amide bonds. The highest BCUT2D eigenvalue weighted by Crippen LogP contribution is 2.23. The normalized spacial score (nSPS) is 11.1. The van der Waals surface area contributed by atoms with Gasteiger partial charge in [-0.25, -0.2) is 4.79 Å². The molecule has 0 aliphatic rings. The van der Waals surface area contributed by atoms with Gasteiger partial charge in [0.2, 0.25) is 5.91 Å². The fraction of sp³-hybridized carbons (Fsp3) is 0.429. The second kappa shape index (κ2) is 6.33. The summed E-state index contributed by atoms with van der Waals surface area (Å²) in [6.45, 7) is 5.59. The van der Waals surface area contributed by atoms with Crippen molar-refractivity contribution in [1.29, 1.82) is 0 Å². The minimum Gasteiger partial charge on any atom is -0.480 e. The van der Waals surface area contributed by atoms with Gasteiger partial charge in [0.15, 0.2) is 0 Å². The lowest BCUT2D eigenvalue weighted by Gasteiger charge is -2.19. The molecule has 0 radical (unpaired) electrons. The summed E-state index contributed by atoms with van der Waals surface area (Å²) in [5, 5.41) is 11.0. The number of carbonyl (C=O) groups is 2. The standard InChI is InChI=1S/C14H19NO4/c1-14(2,3)10-4-6-11(7-5-10)15-12(16)8-19-9-13(17)18/h4-7H,8-9H2,1-3H3,(H,15,16)(H,17,18). The summed E-state index contributed by atoms with van der Waals surface area (Å²) >= 11 is 0. The minimum atomic E-state index is -1.10. The summed E-state index contributed by atoms with van der Waals surface area (Å²) in [5.41, 5.74) is 1.90. The van der Waals surface area contributed by atoms with Gasteiger partial charge in [0.1, 0.15) is 13.2 Å². The minimum absolute atomic E-state index is 0.0626. The van der Waals surface area contributed by atoms with Gasteiger partial charge < -0.3 is 15.2 Å². The summed E-state index contributed by atoms with van der Waals surface area (Å²) in [6.07, 6.45) is 0. The summed E-state index contributed by atoms with van der Waals surface area (Å²) in [7, 11) is 0. The topological polar surface area (TPSA) is 75.6 Å². The molecule has 0 aliphatic heterocycles. The van der Waals surface area contributed by atoms with Crippen molar-refractivity contribution in [3.63, 3.8) is 0 Å². The number of carboxylic acid groups (broad SMARTS) is 1. The highest BCUT2D eigenvalue weighted by molar-refractivity contribution is 5.91. The molecule has 0 bridgehead atoms. The zero-order valence-electron chi connectivity index (χ0n) is 11.4. The second-order valence-corrected chi connectivity index (χ2v) is 5.26. The maximum atomic E-state index is 11.4. The predicted octanol–water partition coefficient (Wildman–Crippen LogP) is 2.02. The first kappa shape index (κ1) is 15.2. The molecule has 5 nitrogen and oxygen atoms in total. The number of carboxylic acids is 1. The van der Waals surface area contributed by atoms with E-state index < -0.39 is 12.6 Å². The lowest BCUT2D eigenvalue weighted by molar-refractivity contribution is -0.143. The fourth-order valence-corrected chi connectivity index (χ4v) is 1.48. The van der Waals surface area contributed by atoms with E-state index in [4.69, 9.17) is 9.84 Å². The van der Waals surface area contributed by atoms with Crippen LogP contribution >= 0.6 is 0 Å². The van der Waals surface area contributed by atoms with Crippen molar-refractivity contribution >= 4 is 17.6 Å². The molecule has 1 rings (SSSR count). The molecule has 1 aromatic rings.